The molecule has 128 valence electrons. The second-order valence-electron chi connectivity index (χ2n) is 6.22. The van der Waals surface area contributed by atoms with Crippen molar-refractivity contribution >= 4 is 34.6 Å². The van der Waals surface area contributed by atoms with Crippen LogP contribution in [0.15, 0.2) is 34.2 Å². The fraction of sp³-hybridized carbons (Fsp3) is 0.444. The Morgan fingerprint density at radius 2 is 1.83 bits per heavy atom. The van der Waals surface area contributed by atoms with Gasteiger partial charge in [0.1, 0.15) is 0 Å². The number of carbonyl (C=O) groups is 1. The van der Waals surface area contributed by atoms with Crippen LogP contribution in [0.4, 0.5) is 5.69 Å². The SMILES string of the molecule is CCN1CCN(C2=NC(=O)/C(=C/c3ccc(N(C)C)cc3)S2)CC1. The highest BCUT2D eigenvalue weighted by Gasteiger charge is 2.28. The third-order valence-corrected chi connectivity index (χ3v) is 5.45. The van der Waals surface area contributed by atoms with Crippen molar-refractivity contribution in [1.82, 2.24) is 9.80 Å². The van der Waals surface area contributed by atoms with Gasteiger partial charge in [0, 0.05) is 46.0 Å². The van der Waals surface area contributed by atoms with E-state index in [2.05, 4.69) is 38.7 Å². The van der Waals surface area contributed by atoms with E-state index < -0.39 is 0 Å². The second kappa shape index (κ2) is 7.40. The van der Waals surface area contributed by atoms with Crippen molar-refractivity contribution in [1.29, 1.82) is 0 Å². The Bertz CT molecular complexity index is 658. The fourth-order valence-electron chi connectivity index (χ4n) is 2.81. The Kier molecular flexibility index (Phi) is 5.26. The molecular weight excluding hydrogens is 320 g/mol. The molecule has 0 aliphatic carbocycles. The number of hydrogen-bond donors (Lipinski definition) is 0. The van der Waals surface area contributed by atoms with Gasteiger partial charge in [-0.15, -0.1) is 0 Å². The lowest BCUT2D eigenvalue weighted by Crippen LogP contribution is -2.47. The van der Waals surface area contributed by atoms with Gasteiger partial charge in [-0.25, -0.2) is 0 Å². The molecule has 0 N–H and O–H groups in total. The summed E-state index contributed by atoms with van der Waals surface area (Å²) in [4.78, 5) is 23.9. The molecule has 0 bridgehead atoms. The zero-order chi connectivity index (χ0) is 17.1. The smallest absolute Gasteiger partial charge is 0.286 e. The molecule has 1 amide bonds. The van der Waals surface area contributed by atoms with Crippen LogP contribution in [0.2, 0.25) is 0 Å². The minimum absolute atomic E-state index is 0.121. The van der Waals surface area contributed by atoms with Gasteiger partial charge >= 0.3 is 0 Å². The van der Waals surface area contributed by atoms with Gasteiger partial charge in [-0.05, 0) is 42.1 Å². The zero-order valence-electron chi connectivity index (χ0n) is 14.5. The van der Waals surface area contributed by atoms with Crippen LogP contribution in [0.25, 0.3) is 6.08 Å². The van der Waals surface area contributed by atoms with E-state index in [0.29, 0.717) is 4.91 Å². The molecule has 1 aromatic rings. The minimum atomic E-state index is -0.121. The average Bonchev–Trinajstić information content (AvgIpc) is 2.96. The van der Waals surface area contributed by atoms with E-state index in [-0.39, 0.29) is 5.91 Å². The predicted molar refractivity (Wildman–Crippen MR) is 102 cm³/mol. The number of likely N-dealkylation sites (N-methyl/N-ethyl adjacent to an activating group) is 1. The number of amidine groups is 1. The minimum Gasteiger partial charge on any atom is -0.378 e. The van der Waals surface area contributed by atoms with Crippen molar-refractivity contribution in [3.63, 3.8) is 0 Å². The molecule has 0 radical (unpaired) electrons. The van der Waals surface area contributed by atoms with E-state index in [1.807, 2.05) is 32.3 Å². The molecule has 0 aromatic heterocycles. The van der Waals surface area contributed by atoms with Gasteiger partial charge in [-0.1, -0.05) is 19.1 Å². The van der Waals surface area contributed by atoms with Crippen LogP contribution < -0.4 is 4.90 Å². The summed E-state index contributed by atoms with van der Waals surface area (Å²) >= 11 is 1.50. The van der Waals surface area contributed by atoms with Crippen molar-refractivity contribution in [3.8, 4) is 0 Å². The number of carbonyl (C=O) groups excluding carboxylic acids is 1. The van der Waals surface area contributed by atoms with Gasteiger partial charge in [0.25, 0.3) is 5.91 Å². The van der Waals surface area contributed by atoms with E-state index in [1.165, 1.54) is 11.8 Å². The van der Waals surface area contributed by atoms with Crippen molar-refractivity contribution in [2.24, 2.45) is 4.99 Å². The number of thioether (sulfide) groups is 1. The Morgan fingerprint density at radius 3 is 2.42 bits per heavy atom. The first-order chi connectivity index (χ1) is 11.6. The van der Waals surface area contributed by atoms with E-state index in [9.17, 15) is 4.79 Å². The number of anilines is 1. The maximum atomic E-state index is 12.2. The first-order valence-electron chi connectivity index (χ1n) is 8.34. The number of nitrogens with zero attached hydrogens (tertiary/aromatic N) is 4. The molecule has 3 rings (SSSR count). The summed E-state index contributed by atoms with van der Waals surface area (Å²) in [6.07, 6.45) is 1.94. The highest BCUT2D eigenvalue weighted by Crippen LogP contribution is 2.30. The maximum Gasteiger partial charge on any atom is 0.286 e. The number of piperazine rings is 1. The van der Waals surface area contributed by atoms with Crippen molar-refractivity contribution < 1.29 is 4.79 Å². The number of rotatable bonds is 3. The highest BCUT2D eigenvalue weighted by atomic mass is 32.2. The molecule has 0 unspecified atom stereocenters. The molecule has 0 saturated carbocycles. The normalized spacial score (nSPS) is 20.6. The lowest BCUT2D eigenvalue weighted by Gasteiger charge is -2.34. The molecule has 1 fully saturated rings. The first kappa shape index (κ1) is 17.0. The van der Waals surface area contributed by atoms with Crippen LogP contribution in [0.5, 0.6) is 0 Å². The van der Waals surface area contributed by atoms with Crippen LogP contribution in [-0.2, 0) is 4.79 Å². The van der Waals surface area contributed by atoms with Crippen LogP contribution in [-0.4, -0.2) is 67.7 Å². The Labute approximate surface area is 148 Å². The molecular formula is C18H24N4OS. The average molecular weight is 344 g/mol. The van der Waals surface area contributed by atoms with Crippen LogP contribution in [0.1, 0.15) is 12.5 Å². The quantitative estimate of drug-likeness (QED) is 0.787. The summed E-state index contributed by atoms with van der Waals surface area (Å²) in [5, 5.41) is 0.854. The summed E-state index contributed by atoms with van der Waals surface area (Å²) in [7, 11) is 4.03. The molecule has 1 saturated heterocycles. The maximum absolute atomic E-state index is 12.2. The lowest BCUT2D eigenvalue weighted by molar-refractivity contribution is -0.113. The van der Waals surface area contributed by atoms with Gasteiger partial charge in [-0.2, -0.15) is 4.99 Å². The van der Waals surface area contributed by atoms with Gasteiger partial charge in [0.05, 0.1) is 4.91 Å². The molecule has 5 nitrogen and oxygen atoms in total. The van der Waals surface area contributed by atoms with Crippen LogP contribution in [0.3, 0.4) is 0 Å². The third-order valence-electron chi connectivity index (χ3n) is 4.41. The van der Waals surface area contributed by atoms with E-state index in [1.54, 1.807) is 0 Å². The summed E-state index contributed by atoms with van der Waals surface area (Å²) in [6, 6.07) is 8.19. The van der Waals surface area contributed by atoms with Gasteiger partial charge in [0.15, 0.2) is 5.17 Å². The van der Waals surface area contributed by atoms with Gasteiger partial charge in [0.2, 0.25) is 0 Å². The molecule has 2 aliphatic heterocycles. The predicted octanol–water partition coefficient (Wildman–Crippen LogP) is 2.36. The van der Waals surface area contributed by atoms with E-state index in [0.717, 1.165) is 49.1 Å². The van der Waals surface area contributed by atoms with Crippen molar-refractivity contribution in [2.45, 2.75) is 6.92 Å². The Hall–Kier alpha value is -1.79. The fourth-order valence-corrected chi connectivity index (χ4v) is 3.77. The summed E-state index contributed by atoms with van der Waals surface area (Å²) in [6.45, 7) is 7.23. The molecule has 6 heteroatoms. The topological polar surface area (TPSA) is 39.1 Å². The molecule has 2 aliphatic rings. The van der Waals surface area contributed by atoms with Crippen LogP contribution >= 0.6 is 11.8 Å². The monoisotopic (exact) mass is 344 g/mol. The van der Waals surface area contributed by atoms with Crippen molar-refractivity contribution in [3.05, 3.63) is 34.7 Å². The van der Waals surface area contributed by atoms with Crippen LogP contribution in [0, 0.1) is 0 Å². The number of benzene rings is 1. The second-order valence-corrected chi connectivity index (χ2v) is 7.23. The van der Waals surface area contributed by atoms with E-state index in [4.69, 9.17) is 0 Å². The number of aliphatic imine (C=N–C) groups is 1. The first-order valence-corrected chi connectivity index (χ1v) is 9.15. The lowest BCUT2D eigenvalue weighted by atomic mass is 10.2. The Morgan fingerprint density at radius 1 is 1.17 bits per heavy atom. The molecule has 0 atom stereocenters. The highest BCUT2D eigenvalue weighted by molar-refractivity contribution is 8.18. The molecule has 0 spiro atoms. The molecule has 1 aromatic carbocycles. The molecule has 2 heterocycles. The van der Waals surface area contributed by atoms with Gasteiger partial charge < -0.3 is 14.7 Å². The number of amides is 1. The largest absolute Gasteiger partial charge is 0.378 e. The zero-order valence-corrected chi connectivity index (χ0v) is 15.3. The van der Waals surface area contributed by atoms with Gasteiger partial charge in [-0.3, -0.25) is 4.79 Å². The van der Waals surface area contributed by atoms with E-state index >= 15 is 0 Å². The summed E-state index contributed by atoms with van der Waals surface area (Å²) < 4.78 is 0. The third kappa shape index (κ3) is 3.82. The summed E-state index contributed by atoms with van der Waals surface area (Å²) in [5.41, 5.74) is 2.18. The molecule has 24 heavy (non-hydrogen) atoms. The number of hydrogen-bond acceptors (Lipinski definition) is 5. The summed E-state index contributed by atoms with van der Waals surface area (Å²) in [5.74, 6) is -0.121. The Balaban J connectivity index is 1.66. The standard InChI is InChI=1S/C18H24N4OS/c1-4-21-9-11-22(12-10-21)18-19-17(23)16(24-18)13-14-5-7-15(8-6-14)20(2)3/h5-8,13H,4,9-12H2,1-3H3/b16-13-. The van der Waals surface area contributed by atoms with Crippen molar-refractivity contribution in [2.75, 3.05) is 51.7 Å².